The third-order valence-corrected chi connectivity index (χ3v) is 4.14. The van der Waals surface area contributed by atoms with Gasteiger partial charge in [-0.15, -0.1) is 0 Å². The van der Waals surface area contributed by atoms with Crippen LogP contribution >= 0.6 is 0 Å². The lowest BCUT2D eigenvalue weighted by atomic mass is 9.92. The Hall–Kier alpha value is -0.790. The number of amidine groups is 1. The molecule has 1 radical (unpaired) electrons. The summed E-state index contributed by atoms with van der Waals surface area (Å²) in [4.78, 5) is 4.59. The molecule has 2 nitrogen and oxygen atoms in total. The lowest BCUT2D eigenvalue weighted by molar-refractivity contribution is 0.461. The number of allylic oxidation sites excluding steroid dienone is 1. The molecule has 1 heterocycles. The van der Waals surface area contributed by atoms with Crippen molar-refractivity contribution in [1.29, 1.82) is 0 Å². The number of rotatable bonds is 1. The largest absolute Gasteiger partial charge is 0.239 e. The van der Waals surface area contributed by atoms with E-state index in [0.717, 1.165) is 11.5 Å². The topological polar surface area (TPSA) is 26.5 Å². The quantitative estimate of drug-likeness (QED) is 0.637. The van der Waals surface area contributed by atoms with Gasteiger partial charge in [-0.1, -0.05) is 57.8 Å². The van der Waals surface area contributed by atoms with Crippen LogP contribution in [0.4, 0.5) is 0 Å². The van der Waals surface area contributed by atoms with Crippen molar-refractivity contribution >= 4 is 5.84 Å². The lowest BCUT2D eigenvalue weighted by Crippen LogP contribution is -2.20. The van der Waals surface area contributed by atoms with E-state index in [1.807, 2.05) is 13.1 Å². The van der Waals surface area contributed by atoms with Gasteiger partial charge in [-0.3, -0.25) is 0 Å². The minimum Gasteiger partial charge on any atom is -0.239 e. The zero-order valence-electron chi connectivity index (χ0n) is 11.8. The average Bonchev–Trinajstić information content (AvgIpc) is 2.76. The second-order valence-electron chi connectivity index (χ2n) is 5.83. The summed E-state index contributed by atoms with van der Waals surface area (Å²) in [6.45, 7) is 2.05. The molecule has 0 aromatic heterocycles. The molecular weight excluding hydrogens is 220 g/mol. The highest BCUT2D eigenvalue weighted by atomic mass is 15.0. The maximum atomic E-state index is 4.59. The van der Waals surface area contributed by atoms with Crippen molar-refractivity contribution < 1.29 is 0 Å². The summed E-state index contributed by atoms with van der Waals surface area (Å²) in [5, 5.41) is 4.50. The van der Waals surface area contributed by atoms with Gasteiger partial charge in [-0.25, -0.2) is 10.3 Å². The molecule has 2 rings (SSSR count). The standard InChI is InChI=1S/C16H27N2/c1-14-13-17-16(18-14)15-11-9-7-5-3-2-4-6-8-10-12-15/h13,15H,2-12H2,1H3. The van der Waals surface area contributed by atoms with E-state index in [2.05, 4.69) is 10.3 Å². The molecule has 1 fully saturated rings. The Morgan fingerprint density at radius 3 is 1.78 bits per heavy atom. The van der Waals surface area contributed by atoms with Crippen LogP contribution in [0.3, 0.4) is 0 Å². The van der Waals surface area contributed by atoms with Crippen molar-refractivity contribution in [3.63, 3.8) is 0 Å². The first kappa shape index (κ1) is 13.6. The van der Waals surface area contributed by atoms with Crippen molar-refractivity contribution in [3.05, 3.63) is 11.9 Å². The van der Waals surface area contributed by atoms with E-state index < -0.39 is 0 Å². The summed E-state index contributed by atoms with van der Waals surface area (Å²) < 4.78 is 0. The smallest absolute Gasteiger partial charge is 0.131 e. The van der Waals surface area contributed by atoms with Crippen LogP contribution < -0.4 is 5.32 Å². The Morgan fingerprint density at radius 1 is 0.833 bits per heavy atom. The first-order valence-electron chi connectivity index (χ1n) is 7.82. The van der Waals surface area contributed by atoms with Crippen molar-refractivity contribution in [1.82, 2.24) is 5.32 Å². The van der Waals surface area contributed by atoms with Crippen LogP contribution in [0, 0.1) is 5.92 Å². The Morgan fingerprint density at radius 2 is 1.33 bits per heavy atom. The summed E-state index contributed by atoms with van der Waals surface area (Å²) in [5.74, 6) is 1.74. The molecule has 0 amide bonds. The van der Waals surface area contributed by atoms with Crippen LogP contribution in [-0.2, 0) is 0 Å². The molecule has 0 N–H and O–H groups in total. The SMILES string of the molecule is CC1=C[N]C(C2CCCCCCCCCCC2)=N1. The van der Waals surface area contributed by atoms with Crippen molar-refractivity contribution in [2.24, 2.45) is 10.9 Å². The molecule has 0 aromatic carbocycles. The van der Waals surface area contributed by atoms with Crippen LogP contribution in [-0.4, -0.2) is 5.84 Å². The summed E-state index contributed by atoms with van der Waals surface area (Å²) in [7, 11) is 0. The monoisotopic (exact) mass is 247 g/mol. The minimum absolute atomic E-state index is 0.623. The van der Waals surface area contributed by atoms with E-state index in [0.29, 0.717) is 5.92 Å². The maximum Gasteiger partial charge on any atom is 0.131 e. The zero-order valence-corrected chi connectivity index (χ0v) is 11.8. The Bertz CT molecular complexity index is 292. The van der Waals surface area contributed by atoms with Gasteiger partial charge >= 0.3 is 0 Å². The van der Waals surface area contributed by atoms with Crippen LogP contribution in [0.1, 0.15) is 77.6 Å². The van der Waals surface area contributed by atoms with Gasteiger partial charge in [0.25, 0.3) is 0 Å². The normalized spacial score (nSPS) is 24.5. The Balaban J connectivity index is 1.84. The number of hydrogen-bond donors (Lipinski definition) is 0. The molecule has 101 valence electrons. The zero-order chi connectivity index (χ0) is 12.6. The fourth-order valence-electron chi connectivity index (χ4n) is 3.02. The van der Waals surface area contributed by atoms with Crippen molar-refractivity contribution in [2.45, 2.75) is 77.6 Å². The van der Waals surface area contributed by atoms with Crippen molar-refractivity contribution in [2.75, 3.05) is 0 Å². The third kappa shape index (κ3) is 4.47. The van der Waals surface area contributed by atoms with E-state index >= 15 is 0 Å². The van der Waals surface area contributed by atoms with E-state index in [4.69, 9.17) is 0 Å². The Kier molecular flexibility index (Phi) is 5.76. The molecule has 0 bridgehead atoms. The second kappa shape index (κ2) is 7.60. The summed E-state index contributed by atoms with van der Waals surface area (Å²) >= 11 is 0. The maximum absolute atomic E-state index is 4.59. The van der Waals surface area contributed by atoms with E-state index in [1.165, 1.54) is 70.6 Å². The van der Waals surface area contributed by atoms with Gasteiger partial charge in [0.1, 0.15) is 5.84 Å². The highest BCUT2D eigenvalue weighted by Crippen LogP contribution is 2.23. The number of hydrogen-bond acceptors (Lipinski definition) is 1. The molecule has 0 spiro atoms. The molecule has 0 saturated heterocycles. The van der Waals surface area contributed by atoms with Gasteiger partial charge < -0.3 is 0 Å². The van der Waals surface area contributed by atoms with E-state index in [1.54, 1.807) is 0 Å². The van der Waals surface area contributed by atoms with Gasteiger partial charge in [0.05, 0.1) is 11.9 Å². The number of nitrogens with zero attached hydrogens (tertiary/aromatic N) is 2. The third-order valence-electron chi connectivity index (χ3n) is 4.14. The number of aliphatic imine (C=N–C) groups is 1. The van der Waals surface area contributed by atoms with Gasteiger partial charge in [0.2, 0.25) is 0 Å². The molecule has 0 aromatic rings. The molecule has 18 heavy (non-hydrogen) atoms. The highest BCUT2D eigenvalue weighted by Gasteiger charge is 2.19. The van der Waals surface area contributed by atoms with Gasteiger partial charge in [0.15, 0.2) is 0 Å². The van der Waals surface area contributed by atoms with Crippen LogP contribution in [0.5, 0.6) is 0 Å². The molecule has 1 aliphatic heterocycles. The first-order valence-corrected chi connectivity index (χ1v) is 7.82. The van der Waals surface area contributed by atoms with E-state index in [-0.39, 0.29) is 0 Å². The predicted molar refractivity (Wildman–Crippen MR) is 77.6 cm³/mol. The Labute approximate surface area is 112 Å². The second-order valence-corrected chi connectivity index (χ2v) is 5.83. The summed E-state index contributed by atoms with van der Waals surface area (Å²) in [6.07, 6.45) is 17.2. The summed E-state index contributed by atoms with van der Waals surface area (Å²) in [5.41, 5.74) is 1.08. The van der Waals surface area contributed by atoms with E-state index in [9.17, 15) is 0 Å². The molecule has 1 aliphatic carbocycles. The van der Waals surface area contributed by atoms with Crippen LogP contribution in [0.2, 0.25) is 0 Å². The molecule has 2 heteroatoms. The van der Waals surface area contributed by atoms with Crippen LogP contribution in [0.25, 0.3) is 0 Å². The molecule has 0 unspecified atom stereocenters. The van der Waals surface area contributed by atoms with Gasteiger partial charge in [-0.05, 0) is 19.8 Å². The lowest BCUT2D eigenvalue weighted by Gasteiger charge is -2.17. The summed E-state index contributed by atoms with van der Waals surface area (Å²) in [6, 6.07) is 0. The van der Waals surface area contributed by atoms with Crippen LogP contribution in [0.15, 0.2) is 16.9 Å². The fourth-order valence-corrected chi connectivity index (χ4v) is 3.02. The first-order chi connectivity index (χ1) is 8.86. The predicted octanol–water partition coefficient (Wildman–Crippen LogP) is 4.79. The average molecular weight is 247 g/mol. The minimum atomic E-state index is 0.623. The van der Waals surface area contributed by atoms with Crippen molar-refractivity contribution in [3.8, 4) is 0 Å². The highest BCUT2D eigenvalue weighted by molar-refractivity contribution is 5.87. The molecular formula is C16H27N2. The molecule has 1 saturated carbocycles. The van der Waals surface area contributed by atoms with Gasteiger partial charge in [-0.2, -0.15) is 0 Å². The molecule has 0 atom stereocenters. The van der Waals surface area contributed by atoms with Gasteiger partial charge in [0, 0.05) is 5.92 Å². The fraction of sp³-hybridized carbons (Fsp3) is 0.812. The molecule has 2 aliphatic rings.